The zero-order chi connectivity index (χ0) is 19.2. The normalized spacial score (nSPS) is 14.3. The van der Waals surface area contributed by atoms with E-state index in [0.29, 0.717) is 22.4 Å². The molecule has 1 saturated carbocycles. The third-order valence-corrected chi connectivity index (χ3v) is 4.98. The van der Waals surface area contributed by atoms with E-state index in [2.05, 4.69) is 38.2 Å². The van der Waals surface area contributed by atoms with Gasteiger partial charge in [0.25, 0.3) is 0 Å². The van der Waals surface area contributed by atoms with Gasteiger partial charge in [0.05, 0.1) is 5.39 Å². The Morgan fingerprint density at radius 3 is 2.37 bits per heavy atom. The monoisotopic (exact) mass is 361 g/mol. The van der Waals surface area contributed by atoms with Gasteiger partial charge in [0.15, 0.2) is 5.43 Å². The molecule has 27 heavy (non-hydrogen) atoms. The lowest BCUT2D eigenvalue weighted by atomic mass is 9.86. The Bertz CT molecular complexity index is 1070. The number of hydrogen-bond donors (Lipinski definition) is 1. The second-order valence-electron chi connectivity index (χ2n) is 8.28. The minimum Gasteiger partial charge on any atom is -0.456 e. The van der Waals surface area contributed by atoms with Crippen LogP contribution in [0.15, 0.2) is 57.7 Å². The fourth-order valence-electron chi connectivity index (χ4n) is 3.10. The van der Waals surface area contributed by atoms with E-state index in [1.54, 1.807) is 18.2 Å². The molecule has 4 heteroatoms. The average Bonchev–Trinajstić information content (AvgIpc) is 3.47. The van der Waals surface area contributed by atoms with Crippen LogP contribution in [0.2, 0.25) is 0 Å². The average molecular weight is 361 g/mol. The lowest BCUT2D eigenvalue weighted by Crippen LogP contribution is -2.13. The number of hydrogen-bond acceptors (Lipinski definition) is 3. The molecule has 1 aromatic heterocycles. The lowest BCUT2D eigenvalue weighted by molar-refractivity contribution is -0.117. The van der Waals surface area contributed by atoms with Crippen LogP contribution in [0.4, 0.5) is 5.69 Å². The predicted octanol–water partition coefficient (Wildman–Crippen LogP) is 5.11. The van der Waals surface area contributed by atoms with Gasteiger partial charge >= 0.3 is 0 Å². The van der Waals surface area contributed by atoms with Crippen molar-refractivity contribution in [1.82, 2.24) is 0 Å². The van der Waals surface area contributed by atoms with Crippen LogP contribution in [0.3, 0.4) is 0 Å². The zero-order valence-corrected chi connectivity index (χ0v) is 15.8. The molecule has 3 aromatic rings. The maximum absolute atomic E-state index is 12.6. The van der Waals surface area contributed by atoms with Crippen molar-refractivity contribution in [3.63, 3.8) is 0 Å². The van der Waals surface area contributed by atoms with Crippen molar-refractivity contribution >= 4 is 22.6 Å². The van der Waals surface area contributed by atoms with Crippen molar-refractivity contribution in [2.75, 3.05) is 5.32 Å². The summed E-state index contributed by atoms with van der Waals surface area (Å²) < 4.78 is 5.96. The van der Waals surface area contributed by atoms with Crippen LogP contribution in [-0.4, -0.2) is 5.91 Å². The van der Waals surface area contributed by atoms with Gasteiger partial charge in [-0.15, -0.1) is 0 Å². The minimum absolute atomic E-state index is 0.0225. The molecular weight excluding hydrogens is 338 g/mol. The smallest absolute Gasteiger partial charge is 0.227 e. The molecule has 0 atom stereocenters. The van der Waals surface area contributed by atoms with Gasteiger partial charge in [-0.3, -0.25) is 9.59 Å². The van der Waals surface area contributed by atoms with E-state index in [-0.39, 0.29) is 22.7 Å². The Hall–Kier alpha value is -2.88. The Morgan fingerprint density at radius 2 is 1.74 bits per heavy atom. The fourth-order valence-corrected chi connectivity index (χ4v) is 3.10. The highest BCUT2D eigenvalue weighted by Crippen LogP contribution is 2.31. The van der Waals surface area contributed by atoms with Gasteiger partial charge in [-0.2, -0.15) is 0 Å². The molecule has 2 aromatic carbocycles. The molecule has 1 N–H and O–H groups in total. The fraction of sp³-hybridized carbons (Fsp3) is 0.304. The highest BCUT2D eigenvalue weighted by atomic mass is 16.3. The van der Waals surface area contributed by atoms with E-state index in [9.17, 15) is 9.59 Å². The van der Waals surface area contributed by atoms with E-state index < -0.39 is 0 Å². The second-order valence-corrected chi connectivity index (χ2v) is 8.28. The standard InChI is InChI=1S/C23H23NO3/c1-23(2,3)16-8-6-14(7-9-16)21-13-19(25)18-12-17(10-11-20(18)27-21)24-22(26)15-4-5-15/h6-13,15H,4-5H2,1-3H3,(H,24,26). The molecule has 1 aliphatic rings. The van der Waals surface area contributed by atoms with Crippen LogP contribution < -0.4 is 10.7 Å². The highest BCUT2D eigenvalue weighted by molar-refractivity contribution is 5.96. The van der Waals surface area contributed by atoms with E-state index in [1.807, 2.05) is 12.1 Å². The van der Waals surface area contributed by atoms with Gasteiger partial charge < -0.3 is 9.73 Å². The molecule has 138 valence electrons. The number of benzene rings is 2. The topological polar surface area (TPSA) is 59.3 Å². The van der Waals surface area contributed by atoms with Gasteiger partial charge in [-0.25, -0.2) is 0 Å². The Labute approximate surface area is 158 Å². The zero-order valence-electron chi connectivity index (χ0n) is 15.8. The summed E-state index contributed by atoms with van der Waals surface area (Å²) in [6, 6.07) is 14.8. The maximum atomic E-state index is 12.6. The number of carbonyl (C=O) groups is 1. The molecule has 0 saturated heterocycles. The number of fused-ring (bicyclic) bond motifs is 1. The summed E-state index contributed by atoms with van der Waals surface area (Å²) in [6.07, 6.45) is 1.89. The maximum Gasteiger partial charge on any atom is 0.227 e. The first-order valence-electron chi connectivity index (χ1n) is 9.31. The van der Waals surface area contributed by atoms with Crippen LogP contribution in [-0.2, 0) is 10.2 Å². The first-order chi connectivity index (χ1) is 12.8. The molecule has 4 nitrogen and oxygen atoms in total. The third-order valence-electron chi connectivity index (χ3n) is 4.98. The van der Waals surface area contributed by atoms with E-state index in [4.69, 9.17) is 4.42 Å². The van der Waals surface area contributed by atoms with Gasteiger partial charge in [-0.1, -0.05) is 45.0 Å². The largest absolute Gasteiger partial charge is 0.456 e. The third kappa shape index (κ3) is 3.65. The Balaban J connectivity index is 1.67. The van der Waals surface area contributed by atoms with E-state index >= 15 is 0 Å². The highest BCUT2D eigenvalue weighted by Gasteiger charge is 2.29. The number of nitrogens with one attached hydrogen (secondary N) is 1. The first kappa shape index (κ1) is 17.5. The van der Waals surface area contributed by atoms with Crippen molar-refractivity contribution in [1.29, 1.82) is 0 Å². The van der Waals surface area contributed by atoms with Crippen LogP contribution >= 0.6 is 0 Å². The van der Waals surface area contributed by atoms with Crippen LogP contribution in [0.5, 0.6) is 0 Å². The minimum atomic E-state index is -0.117. The summed E-state index contributed by atoms with van der Waals surface area (Å²) in [6.45, 7) is 6.49. The van der Waals surface area contributed by atoms with Gasteiger partial charge in [0.2, 0.25) is 5.91 Å². The number of amides is 1. The van der Waals surface area contributed by atoms with Gasteiger partial charge in [0.1, 0.15) is 11.3 Å². The van der Waals surface area contributed by atoms with Crippen molar-refractivity contribution in [3.8, 4) is 11.3 Å². The molecule has 1 fully saturated rings. The Kier molecular flexibility index (Phi) is 4.14. The molecule has 0 bridgehead atoms. The summed E-state index contributed by atoms with van der Waals surface area (Å²) in [5.41, 5.74) is 3.20. The molecule has 0 unspecified atom stereocenters. The number of anilines is 1. The van der Waals surface area contributed by atoms with Crippen LogP contribution in [0, 0.1) is 5.92 Å². The number of rotatable bonds is 3. The summed E-state index contributed by atoms with van der Waals surface area (Å²) >= 11 is 0. The van der Waals surface area contributed by atoms with Crippen LogP contribution in [0.1, 0.15) is 39.2 Å². The molecule has 1 aliphatic carbocycles. The molecule has 0 aliphatic heterocycles. The molecule has 0 spiro atoms. The van der Waals surface area contributed by atoms with Gasteiger partial charge in [-0.05, 0) is 42.0 Å². The number of carbonyl (C=O) groups excluding carboxylic acids is 1. The van der Waals surface area contributed by atoms with Gasteiger partial charge in [0, 0.05) is 23.2 Å². The van der Waals surface area contributed by atoms with Crippen molar-refractivity contribution in [2.45, 2.75) is 39.0 Å². The lowest BCUT2D eigenvalue weighted by Gasteiger charge is -2.19. The van der Waals surface area contributed by atoms with Crippen molar-refractivity contribution < 1.29 is 9.21 Å². The molecule has 1 amide bonds. The van der Waals surface area contributed by atoms with Crippen LogP contribution in [0.25, 0.3) is 22.3 Å². The molecule has 0 radical (unpaired) electrons. The van der Waals surface area contributed by atoms with E-state index in [0.717, 1.165) is 18.4 Å². The first-order valence-corrected chi connectivity index (χ1v) is 9.31. The SMILES string of the molecule is CC(C)(C)c1ccc(-c2cc(=O)c3cc(NC(=O)C4CC4)ccc3o2)cc1. The summed E-state index contributed by atoms with van der Waals surface area (Å²) in [7, 11) is 0. The van der Waals surface area contributed by atoms with E-state index in [1.165, 1.54) is 11.6 Å². The summed E-state index contributed by atoms with van der Waals surface area (Å²) in [5.74, 6) is 0.688. The summed E-state index contributed by atoms with van der Waals surface area (Å²) in [4.78, 5) is 24.5. The Morgan fingerprint density at radius 1 is 1.04 bits per heavy atom. The van der Waals surface area contributed by atoms with Crippen molar-refractivity contribution in [2.24, 2.45) is 5.92 Å². The molecule has 4 rings (SSSR count). The quantitative estimate of drug-likeness (QED) is 0.705. The molecule has 1 heterocycles. The van der Waals surface area contributed by atoms with Crippen molar-refractivity contribution in [3.05, 3.63) is 64.3 Å². The predicted molar refractivity (Wildman–Crippen MR) is 108 cm³/mol. The molecular formula is C23H23NO3. The summed E-state index contributed by atoms with van der Waals surface area (Å²) in [5, 5.41) is 3.34. The second kappa shape index (κ2) is 6.38.